The number of hydrogen-bond donors (Lipinski definition) is 0. The van der Waals surface area contributed by atoms with Gasteiger partial charge >= 0.3 is 0 Å². The molecule has 4 nitrogen and oxygen atoms in total. The number of hydrogen-bond acceptors (Lipinski definition) is 1. The van der Waals surface area contributed by atoms with Crippen LogP contribution in [0.3, 0.4) is 0 Å². The molecule has 0 fully saturated rings. The molecule has 2 heterocycles. The highest BCUT2D eigenvalue weighted by molar-refractivity contribution is 6.14. The summed E-state index contributed by atoms with van der Waals surface area (Å²) in [4.78, 5) is 3.97. The first-order chi connectivity index (χ1) is 24.0. The smallest absolute Gasteiger partial charge is 0.196 e. The summed E-state index contributed by atoms with van der Waals surface area (Å²) in [5, 5.41) is 15.1. The van der Waals surface area contributed by atoms with E-state index < -0.39 is 0 Å². The van der Waals surface area contributed by atoms with Gasteiger partial charge in [-0.3, -0.25) is 0 Å². The number of aromatic nitrogens is 2. The van der Waals surface area contributed by atoms with Gasteiger partial charge in [-0.1, -0.05) is 102 Å². The summed E-state index contributed by atoms with van der Waals surface area (Å²) in [7, 11) is 0. The molecule has 0 saturated heterocycles. The first-order valence-electron chi connectivity index (χ1n) is 17.1. The zero-order valence-corrected chi connectivity index (χ0v) is 29.3. The predicted molar refractivity (Wildman–Crippen MR) is 209 cm³/mol. The van der Waals surface area contributed by atoms with Crippen molar-refractivity contribution in [2.45, 2.75) is 52.4 Å². The highest BCUT2D eigenvalue weighted by Crippen LogP contribution is 2.45. The molecule has 0 atom stereocenters. The molecular weight excluding hydrogens is 609 g/mol. The van der Waals surface area contributed by atoms with Gasteiger partial charge in [-0.05, 0) is 88.2 Å². The van der Waals surface area contributed by atoms with Crippen LogP contribution in [0.2, 0.25) is 0 Å². The lowest BCUT2D eigenvalue weighted by Gasteiger charge is -2.20. The Morgan fingerprint density at radius 3 is 1.74 bits per heavy atom. The molecule has 0 aliphatic carbocycles. The molecule has 4 heteroatoms. The van der Waals surface area contributed by atoms with Crippen molar-refractivity contribution in [1.29, 1.82) is 5.26 Å². The van der Waals surface area contributed by atoms with E-state index in [1.807, 2.05) is 18.2 Å². The fourth-order valence-electron chi connectivity index (χ4n) is 7.47. The fraction of sp³-hybridized carbons (Fsp3) is 0.174. The first-order valence-corrected chi connectivity index (χ1v) is 17.1. The molecule has 0 N–H and O–H groups in total. The summed E-state index contributed by atoms with van der Waals surface area (Å²) in [6, 6.07) is 45.0. The Morgan fingerprint density at radius 2 is 1.14 bits per heavy atom. The van der Waals surface area contributed by atoms with Crippen LogP contribution in [0.5, 0.6) is 0 Å². The summed E-state index contributed by atoms with van der Waals surface area (Å²) in [6.07, 6.45) is 0. The van der Waals surface area contributed by atoms with Crippen molar-refractivity contribution in [1.82, 2.24) is 9.13 Å². The van der Waals surface area contributed by atoms with Crippen LogP contribution in [0.25, 0.3) is 71.0 Å². The normalized spacial score (nSPS) is 12.2. The molecule has 242 valence electrons. The third kappa shape index (κ3) is 4.80. The van der Waals surface area contributed by atoms with E-state index in [9.17, 15) is 5.26 Å². The van der Waals surface area contributed by atoms with Crippen LogP contribution in [-0.2, 0) is 10.8 Å². The lowest BCUT2D eigenvalue weighted by atomic mass is 9.85. The van der Waals surface area contributed by atoms with Crippen molar-refractivity contribution in [2.24, 2.45) is 0 Å². The van der Waals surface area contributed by atoms with Crippen molar-refractivity contribution in [3.8, 4) is 28.6 Å². The molecule has 0 spiro atoms. The second kappa shape index (κ2) is 11.2. The zero-order chi connectivity index (χ0) is 34.9. The van der Waals surface area contributed by atoms with Crippen molar-refractivity contribution in [2.75, 3.05) is 0 Å². The molecule has 8 aromatic rings. The van der Waals surface area contributed by atoms with E-state index in [4.69, 9.17) is 6.57 Å². The minimum Gasteiger partial charge on any atom is -0.309 e. The lowest BCUT2D eigenvalue weighted by molar-refractivity contribution is 0.590. The minimum absolute atomic E-state index is 0.0240. The maximum atomic E-state index is 10.5. The van der Waals surface area contributed by atoms with E-state index in [0.717, 1.165) is 49.8 Å². The van der Waals surface area contributed by atoms with Crippen LogP contribution in [0.4, 0.5) is 5.69 Å². The van der Waals surface area contributed by atoms with E-state index in [1.165, 1.54) is 21.9 Å². The Hall–Kier alpha value is -6.10. The highest BCUT2D eigenvalue weighted by Gasteiger charge is 2.25. The monoisotopic (exact) mass is 646 g/mol. The van der Waals surface area contributed by atoms with Crippen LogP contribution in [0.1, 0.15) is 58.2 Å². The number of fused-ring (bicyclic) bond motifs is 6. The van der Waals surface area contributed by atoms with Crippen molar-refractivity contribution >= 4 is 49.3 Å². The summed E-state index contributed by atoms with van der Waals surface area (Å²) >= 11 is 0. The number of para-hydroxylation sites is 2. The van der Waals surface area contributed by atoms with E-state index in [-0.39, 0.29) is 10.8 Å². The molecule has 0 saturated carbocycles. The zero-order valence-electron chi connectivity index (χ0n) is 29.3. The molecule has 50 heavy (non-hydrogen) atoms. The Balaban J connectivity index is 1.60. The molecule has 0 amide bonds. The third-order valence-corrected chi connectivity index (χ3v) is 10.1. The summed E-state index contributed by atoms with van der Waals surface area (Å²) in [6.45, 7) is 21.8. The Labute approximate surface area is 293 Å². The van der Waals surface area contributed by atoms with E-state index >= 15 is 0 Å². The Morgan fingerprint density at radius 1 is 0.560 bits per heavy atom. The van der Waals surface area contributed by atoms with Crippen molar-refractivity contribution in [3.63, 3.8) is 0 Å². The van der Waals surface area contributed by atoms with Crippen molar-refractivity contribution in [3.05, 3.63) is 149 Å². The van der Waals surface area contributed by atoms with Gasteiger partial charge in [-0.2, -0.15) is 5.26 Å². The largest absolute Gasteiger partial charge is 0.309 e. The highest BCUT2D eigenvalue weighted by atomic mass is 15.0. The maximum Gasteiger partial charge on any atom is 0.196 e. The average molecular weight is 647 g/mol. The molecule has 0 aliphatic rings. The molecule has 2 aromatic heterocycles. The van der Waals surface area contributed by atoms with Crippen LogP contribution < -0.4 is 0 Å². The Kier molecular flexibility index (Phi) is 7.00. The average Bonchev–Trinajstić information content (AvgIpc) is 3.61. The van der Waals surface area contributed by atoms with Gasteiger partial charge in [0.2, 0.25) is 0 Å². The van der Waals surface area contributed by atoms with E-state index in [2.05, 4.69) is 159 Å². The van der Waals surface area contributed by atoms with Gasteiger partial charge in [0.05, 0.1) is 40.4 Å². The molecule has 0 bridgehead atoms. The van der Waals surface area contributed by atoms with Crippen molar-refractivity contribution < 1.29 is 0 Å². The van der Waals surface area contributed by atoms with Crippen LogP contribution in [-0.4, -0.2) is 9.13 Å². The maximum absolute atomic E-state index is 10.5. The lowest BCUT2D eigenvalue weighted by Crippen LogP contribution is -2.10. The number of nitriles is 1. The molecular formula is C46H38N4. The minimum atomic E-state index is -0.0240. The van der Waals surface area contributed by atoms with Gasteiger partial charge in [-0.15, -0.1) is 0 Å². The second-order valence-electron chi connectivity index (χ2n) is 15.3. The van der Waals surface area contributed by atoms with E-state index in [1.54, 1.807) is 6.07 Å². The Bertz CT molecular complexity index is 2630. The van der Waals surface area contributed by atoms with Gasteiger partial charge in [0.1, 0.15) is 0 Å². The topological polar surface area (TPSA) is 38.0 Å². The SMILES string of the molecule is [C-]#[N+]c1cccc(C#N)c1-c1cc2c(cc1-n1c3ccc(C(C)(C)C)cc3c3cc(C(C)(C)C)ccc31)c1ccccc1n2-c1ccccc1. The van der Waals surface area contributed by atoms with Gasteiger partial charge in [-0.25, -0.2) is 4.85 Å². The quantitative estimate of drug-likeness (QED) is 0.176. The third-order valence-electron chi connectivity index (χ3n) is 10.1. The number of rotatable bonds is 3. The number of nitrogens with zero attached hydrogens (tertiary/aromatic N) is 4. The molecule has 0 radical (unpaired) electrons. The first kappa shape index (κ1) is 31.2. The van der Waals surface area contributed by atoms with Crippen LogP contribution in [0.15, 0.2) is 121 Å². The van der Waals surface area contributed by atoms with Crippen LogP contribution in [0, 0.1) is 17.9 Å². The fourth-order valence-corrected chi connectivity index (χ4v) is 7.47. The van der Waals surface area contributed by atoms with Gasteiger partial charge in [0.25, 0.3) is 0 Å². The summed E-state index contributed by atoms with van der Waals surface area (Å²) in [5.74, 6) is 0. The molecule has 0 aliphatic heterocycles. The van der Waals surface area contributed by atoms with E-state index in [0.29, 0.717) is 16.8 Å². The second-order valence-corrected chi connectivity index (χ2v) is 15.3. The van der Waals surface area contributed by atoms with Gasteiger partial charge in [0, 0.05) is 38.4 Å². The molecule has 0 unspecified atom stereocenters. The molecule has 8 rings (SSSR count). The predicted octanol–water partition coefficient (Wildman–Crippen LogP) is 12.6. The summed E-state index contributed by atoms with van der Waals surface area (Å²) in [5.41, 5.74) is 11.2. The van der Waals surface area contributed by atoms with Crippen LogP contribution >= 0.6 is 0 Å². The molecule has 6 aromatic carbocycles. The standard InChI is InChI=1S/C46H38N4/c1-45(2,3)30-20-22-40-34(24-30)35-25-31(46(4,5)6)21-23-41(35)50(40)43-26-36-33-17-11-12-19-39(33)49(32-15-9-8-10-16-32)42(36)27-37(43)44-29(28-47)14-13-18-38(44)48-7/h8-27H,1-6H3. The van der Waals surface area contributed by atoms with Gasteiger partial charge in [0.15, 0.2) is 5.69 Å². The number of benzene rings is 6. The van der Waals surface area contributed by atoms with Gasteiger partial charge < -0.3 is 9.13 Å². The summed E-state index contributed by atoms with van der Waals surface area (Å²) < 4.78 is 4.65.